The molecule has 0 spiro atoms. The second-order valence-corrected chi connectivity index (χ2v) is 22.9. The number of ether oxygens (including phenoxy) is 4. The van der Waals surface area contributed by atoms with Crippen LogP contribution < -0.4 is 30.1 Å². The van der Waals surface area contributed by atoms with Gasteiger partial charge in [0.25, 0.3) is 11.1 Å². The van der Waals surface area contributed by atoms with Crippen molar-refractivity contribution < 1.29 is 18.9 Å². The number of H-pyrrole nitrogens is 1. The highest BCUT2D eigenvalue weighted by Gasteiger charge is 2.21. The van der Waals surface area contributed by atoms with Gasteiger partial charge >= 0.3 is 0 Å². The van der Waals surface area contributed by atoms with Gasteiger partial charge in [0.05, 0.1) is 74.6 Å². The van der Waals surface area contributed by atoms with E-state index in [1.807, 2.05) is 164 Å². The summed E-state index contributed by atoms with van der Waals surface area (Å²) in [7, 11) is 0. The van der Waals surface area contributed by atoms with Crippen LogP contribution >= 0.6 is 31.9 Å². The number of aryl methyl sites for hydroxylation is 1. The third-order valence-electron chi connectivity index (χ3n) is 14.8. The first kappa shape index (κ1) is 65.2. The molecule has 462 valence electrons. The molecule has 17 heteroatoms. The van der Waals surface area contributed by atoms with Gasteiger partial charge in [0.15, 0.2) is 0 Å². The molecule has 12 rings (SSSR count). The summed E-state index contributed by atoms with van der Waals surface area (Å²) in [6.45, 7) is 2.27. The largest absolute Gasteiger partial charge is 0.488 e. The van der Waals surface area contributed by atoms with Gasteiger partial charge < -0.3 is 28.5 Å². The molecule has 0 saturated heterocycles. The highest BCUT2D eigenvalue weighted by molar-refractivity contribution is 9.09. The van der Waals surface area contributed by atoms with Gasteiger partial charge in [0.1, 0.15) is 54.2 Å². The number of aromatic amines is 1. The van der Waals surface area contributed by atoms with Crippen molar-refractivity contribution in [3.8, 4) is 75.1 Å². The standard InChI is InChI=1S/2C27H24BrN3O2.C22H15N3O2/c28-15-7-2-8-16-32-27-26(30-23-11-5-6-12-24(23)31-27)22-17-21(18-29)13-14-25(22)33-19-20-9-3-1-4-10-20;28-15-7-2-8-16-31-24-12-6-5-11-23(24)30-26(27(31)32)22-17-21(18-29)13-14-25(22)33-19-20-9-3-1-4-10-20;23-13-16-10-11-20(27-14-15-6-2-1-3-7-15)17(12-16)21-22(26)25-19-9-5-4-8-18(19)24-21/h2*1,3-6,9-14,17H,2,7-8,15-16,19H2;1-12H,14H2,(H,25,26). The number of fused-ring (bicyclic) bond motifs is 3. The fourth-order valence-corrected chi connectivity index (χ4v) is 10.9. The van der Waals surface area contributed by atoms with Crippen LogP contribution in [0.5, 0.6) is 23.1 Å². The van der Waals surface area contributed by atoms with Crippen LogP contribution in [0.3, 0.4) is 0 Å². The number of halogens is 2. The summed E-state index contributed by atoms with van der Waals surface area (Å²) in [5.41, 5.74) is 11.2. The van der Waals surface area contributed by atoms with E-state index in [1.54, 1.807) is 59.2 Å². The molecule has 15 nitrogen and oxygen atoms in total. The maximum Gasteiger partial charge on any atom is 0.277 e. The zero-order valence-corrected chi connectivity index (χ0v) is 53.9. The Labute approximate surface area is 555 Å². The van der Waals surface area contributed by atoms with Crippen LogP contribution in [0.1, 0.15) is 71.9 Å². The molecule has 0 atom stereocenters. The molecule has 9 aromatic carbocycles. The number of benzene rings is 9. The highest BCUT2D eigenvalue weighted by Crippen LogP contribution is 2.37. The molecule has 0 radical (unpaired) electrons. The minimum Gasteiger partial charge on any atom is -0.488 e. The van der Waals surface area contributed by atoms with Gasteiger partial charge in [-0.25, -0.2) is 19.9 Å². The fraction of sp³-hybridized carbons (Fsp3) is 0.171. The normalized spacial score (nSPS) is 10.7. The number of nitrogens with zero attached hydrogens (tertiary/aromatic N) is 8. The van der Waals surface area contributed by atoms with Crippen LogP contribution in [0, 0.1) is 34.0 Å². The number of hydrogen-bond donors (Lipinski definition) is 1. The molecule has 0 amide bonds. The molecule has 1 N–H and O–H groups in total. The van der Waals surface area contributed by atoms with Crippen molar-refractivity contribution in [1.82, 2.24) is 29.5 Å². The summed E-state index contributed by atoms with van der Waals surface area (Å²) in [6, 6.07) is 74.2. The van der Waals surface area contributed by atoms with Crippen molar-refractivity contribution in [1.29, 1.82) is 15.8 Å². The SMILES string of the molecule is N#Cc1ccc(OCc2ccccc2)c(-c2nc3ccccc3[nH]c2=O)c1.N#Cc1ccc(OCc2ccccc2)c(-c2nc3ccccc3n(CCCCCBr)c2=O)c1.N#Cc1ccc(OCc2ccccc2)c(-c2nc3ccccc3nc2OCCCCCBr)c1. The number of aromatic nitrogens is 6. The van der Waals surface area contributed by atoms with E-state index in [0.717, 1.165) is 87.9 Å². The van der Waals surface area contributed by atoms with Gasteiger partial charge in [0.2, 0.25) is 5.88 Å². The molecule has 0 aliphatic carbocycles. The van der Waals surface area contributed by atoms with E-state index in [0.29, 0.717) is 112 Å². The summed E-state index contributed by atoms with van der Waals surface area (Å²) >= 11 is 6.93. The van der Waals surface area contributed by atoms with Crippen molar-refractivity contribution in [3.63, 3.8) is 0 Å². The van der Waals surface area contributed by atoms with Crippen LogP contribution in [0.15, 0.2) is 228 Å². The lowest BCUT2D eigenvalue weighted by Gasteiger charge is -2.15. The smallest absolute Gasteiger partial charge is 0.277 e. The topological polar surface area (TPSA) is 215 Å². The van der Waals surface area contributed by atoms with E-state index in [-0.39, 0.29) is 16.8 Å². The lowest BCUT2D eigenvalue weighted by atomic mass is 10.1. The second kappa shape index (κ2) is 33.3. The van der Waals surface area contributed by atoms with Gasteiger partial charge in [-0.15, -0.1) is 0 Å². The Morgan fingerprint density at radius 2 is 0.828 bits per heavy atom. The van der Waals surface area contributed by atoms with E-state index in [2.05, 4.69) is 60.0 Å². The molecular weight excluding hydrogens is 1290 g/mol. The Bertz CT molecular complexity index is 4760. The van der Waals surface area contributed by atoms with Gasteiger partial charge in [-0.05, 0) is 140 Å². The zero-order chi connectivity index (χ0) is 64.6. The first-order valence-electron chi connectivity index (χ1n) is 30.4. The van der Waals surface area contributed by atoms with Gasteiger partial charge in [0, 0.05) is 33.9 Å². The van der Waals surface area contributed by atoms with E-state index in [4.69, 9.17) is 33.9 Å². The predicted molar refractivity (Wildman–Crippen MR) is 371 cm³/mol. The maximum absolute atomic E-state index is 13.6. The van der Waals surface area contributed by atoms with E-state index >= 15 is 0 Å². The quantitative estimate of drug-likeness (QED) is 0.0466. The monoisotopic (exact) mass is 1360 g/mol. The number of nitrogens with one attached hydrogen (secondary N) is 1. The lowest BCUT2D eigenvalue weighted by molar-refractivity contribution is 0.294. The Hall–Kier alpha value is -10.8. The molecule has 93 heavy (non-hydrogen) atoms. The fourth-order valence-electron chi connectivity index (χ4n) is 10.1. The molecule has 3 heterocycles. The molecule has 0 saturated carbocycles. The first-order valence-corrected chi connectivity index (χ1v) is 32.6. The van der Waals surface area contributed by atoms with Crippen LogP contribution in [-0.4, -0.2) is 46.8 Å². The third kappa shape index (κ3) is 17.4. The average Bonchev–Trinajstić information content (AvgIpc) is 0.889. The molecule has 12 aromatic rings. The number of alkyl halides is 2. The van der Waals surface area contributed by atoms with E-state index < -0.39 is 0 Å². The number of para-hydroxylation sites is 6. The van der Waals surface area contributed by atoms with Gasteiger partial charge in [-0.2, -0.15) is 15.8 Å². The van der Waals surface area contributed by atoms with Gasteiger partial charge in [-0.1, -0.05) is 166 Å². The van der Waals surface area contributed by atoms with Crippen molar-refractivity contribution in [2.45, 2.75) is 64.9 Å². The highest BCUT2D eigenvalue weighted by atomic mass is 79.9. The third-order valence-corrected chi connectivity index (χ3v) is 15.9. The summed E-state index contributed by atoms with van der Waals surface area (Å²) in [6.07, 6.45) is 6.08. The maximum atomic E-state index is 13.6. The predicted octanol–water partition coefficient (Wildman–Crippen LogP) is 16.8. The lowest BCUT2D eigenvalue weighted by Crippen LogP contribution is -2.24. The Morgan fingerprint density at radius 1 is 0.409 bits per heavy atom. The molecule has 0 aliphatic heterocycles. The molecule has 0 bridgehead atoms. The Morgan fingerprint density at radius 3 is 1.34 bits per heavy atom. The number of hydrogen-bond acceptors (Lipinski definition) is 13. The minimum absolute atomic E-state index is 0.174. The summed E-state index contributed by atoms with van der Waals surface area (Å²) in [5.74, 6) is 2.12. The number of rotatable bonds is 23. The van der Waals surface area contributed by atoms with Crippen LogP contribution in [0.25, 0.3) is 66.9 Å². The van der Waals surface area contributed by atoms with Crippen molar-refractivity contribution >= 4 is 65.0 Å². The van der Waals surface area contributed by atoms with E-state index in [9.17, 15) is 25.4 Å². The second-order valence-electron chi connectivity index (χ2n) is 21.3. The van der Waals surface area contributed by atoms with Gasteiger partial charge in [-0.3, -0.25) is 9.59 Å². The molecule has 0 aliphatic rings. The first-order chi connectivity index (χ1) is 45.7. The van der Waals surface area contributed by atoms with Crippen molar-refractivity contribution in [3.05, 3.63) is 272 Å². The molecule has 3 aromatic heterocycles. The average molecular weight is 1360 g/mol. The summed E-state index contributed by atoms with van der Waals surface area (Å²) in [4.78, 5) is 47.9. The van der Waals surface area contributed by atoms with Crippen molar-refractivity contribution in [2.24, 2.45) is 0 Å². The molecular formula is C76H63Br2N9O6. The minimum atomic E-state index is -0.326. The zero-order valence-electron chi connectivity index (χ0n) is 50.8. The molecule has 0 unspecified atom stereocenters. The Kier molecular flexibility index (Phi) is 23.4. The number of nitriles is 3. The summed E-state index contributed by atoms with van der Waals surface area (Å²) < 4.78 is 26.1. The van der Waals surface area contributed by atoms with Crippen LogP contribution in [-0.2, 0) is 26.4 Å². The Balaban J connectivity index is 0.000000153. The van der Waals surface area contributed by atoms with E-state index in [1.165, 1.54) is 0 Å². The number of unbranched alkanes of at least 4 members (excludes halogenated alkanes) is 4. The molecule has 0 fully saturated rings. The van der Waals surface area contributed by atoms with Crippen LogP contribution in [0.2, 0.25) is 0 Å². The van der Waals surface area contributed by atoms with Crippen LogP contribution in [0.4, 0.5) is 0 Å². The van der Waals surface area contributed by atoms with Crippen molar-refractivity contribution in [2.75, 3.05) is 17.3 Å². The summed E-state index contributed by atoms with van der Waals surface area (Å²) in [5, 5.41) is 30.2.